The van der Waals surface area contributed by atoms with Gasteiger partial charge in [-0.2, -0.15) is 0 Å². The minimum Gasteiger partial charge on any atom is -0.477 e. The van der Waals surface area contributed by atoms with Crippen molar-refractivity contribution >= 4 is 40.8 Å². The average molecular weight is 400 g/mol. The number of anilines is 1. The van der Waals surface area contributed by atoms with Crippen molar-refractivity contribution in [3.8, 4) is 5.75 Å². The summed E-state index contributed by atoms with van der Waals surface area (Å²) in [6, 6.07) is 10.2. The lowest BCUT2D eigenvalue weighted by Gasteiger charge is -2.18. The molecule has 0 spiro atoms. The van der Waals surface area contributed by atoms with Gasteiger partial charge in [0.25, 0.3) is 5.91 Å². The van der Waals surface area contributed by atoms with E-state index in [0.717, 1.165) is 0 Å². The van der Waals surface area contributed by atoms with Crippen molar-refractivity contribution < 1.29 is 23.5 Å². The largest absolute Gasteiger partial charge is 0.477 e. The van der Waals surface area contributed by atoms with Crippen LogP contribution < -0.4 is 10.1 Å². The number of hydrogen-bond acceptors (Lipinski definition) is 4. The van der Waals surface area contributed by atoms with Gasteiger partial charge in [0.2, 0.25) is 0 Å². The summed E-state index contributed by atoms with van der Waals surface area (Å²) in [5.41, 5.74) is -0.00218. The molecule has 0 unspecified atom stereocenters. The Balaban J connectivity index is 1.93. The van der Waals surface area contributed by atoms with Crippen LogP contribution in [0.1, 0.15) is 13.8 Å². The van der Waals surface area contributed by atoms with Gasteiger partial charge < -0.3 is 14.8 Å². The molecule has 26 heavy (non-hydrogen) atoms. The average Bonchev–Trinajstić information content (AvgIpc) is 2.59. The Hall–Kier alpha value is -2.31. The quantitative estimate of drug-likeness (QED) is 0.727. The third-order valence-corrected chi connectivity index (χ3v) is 3.85. The Morgan fingerprint density at radius 2 is 1.77 bits per heavy atom. The van der Waals surface area contributed by atoms with E-state index < -0.39 is 29.9 Å². The summed E-state index contributed by atoms with van der Waals surface area (Å²) in [7, 11) is 0. The molecule has 2 atom stereocenters. The van der Waals surface area contributed by atoms with E-state index in [4.69, 9.17) is 32.7 Å². The van der Waals surface area contributed by atoms with E-state index in [-0.39, 0.29) is 16.5 Å². The van der Waals surface area contributed by atoms with Gasteiger partial charge in [0.15, 0.2) is 12.2 Å². The van der Waals surface area contributed by atoms with Crippen LogP contribution in [0.25, 0.3) is 0 Å². The summed E-state index contributed by atoms with van der Waals surface area (Å²) in [5.74, 6) is -1.77. The fraction of sp³-hybridized carbons (Fsp3) is 0.222. The van der Waals surface area contributed by atoms with Crippen molar-refractivity contribution in [1.82, 2.24) is 0 Å². The molecule has 8 heteroatoms. The van der Waals surface area contributed by atoms with Crippen LogP contribution in [-0.2, 0) is 14.3 Å². The molecule has 0 aliphatic rings. The SMILES string of the molecule is C[C@H](OC(=O)[C@@H](C)Oc1ccc(Cl)cc1Cl)C(=O)Nc1ccccc1F. The molecule has 2 aromatic rings. The molecule has 2 rings (SSSR count). The Labute approximate surface area is 160 Å². The van der Waals surface area contributed by atoms with Crippen LogP contribution in [0.3, 0.4) is 0 Å². The van der Waals surface area contributed by atoms with Crippen LogP contribution in [0.5, 0.6) is 5.75 Å². The maximum absolute atomic E-state index is 13.5. The molecule has 0 fully saturated rings. The highest BCUT2D eigenvalue weighted by Gasteiger charge is 2.24. The van der Waals surface area contributed by atoms with Gasteiger partial charge in [0.05, 0.1) is 10.7 Å². The zero-order chi connectivity index (χ0) is 19.3. The van der Waals surface area contributed by atoms with Crippen LogP contribution in [0.4, 0.5) is 10.1 Å². The Morgan fingerprint density at radius 1 is 1.08 bits per heavy atom. The van der Waals surface area contributed by atoms with Crippen LogP contribution in [0, 0.1) is 5.82 Å². The number of halogens is 3. The monoisotopic (exact) mass is 399 g/mol. The fourth-order valence-corrected chi connectivity index (χ4v) is 2.38. The molecule has 138 valence electrons. The summed E-state index contributed by atoms with van der Waals surface area (Å²) in [6.45, 7) is 2.82. The second kappa shape index (κ2) is 8.87. The van der Waals surface area contributed by atoms with Crippen molar-refractivity contribution in [2.24, 2.45) is 0 Å². The number of para-hydroxylation sites is 1. The molecule has 0 saturated heterocycles. The van der Waals surface area contributed by atoms with Gasteiger partial charge in [0, 0.05) is 5.02 Å². The van der Waals surface area contributed by atoms with E-state index in [2.05, 4.69) is 5.32 Å². The van der Waals surface area contributed by atoms with Crippen molar-refractivity contribution in [2.75, 3.05) is 5.32 Å². The number of hydrogen-bond donors (Lipinski definition) is 1. The highest BCUT2D eigenvalue weighted by atomic mass is 35.5. The lowest BCUT2D eigenvalue weighted by Crippen LogP contribution is -2.35. The molecule has 2 aromatic carbocycles. The second-order valence-electron chi connectivity index (χ2n) is 5.38. The number of esters is 1. The van der Waals surface area contributed by atoms with Gasteiger partial charge in [-0.05, 0) is 44.2 Å². The highest BCUT2D eigenvalue weighted by molar-refractivity contribution is 6.35. The Morgan fingerprint density at radius 3 is 2.42 bits per heavy atom. The maximum atomic E-state index is 13.5. The number of ether oxygens (including phenoxy) is 2. The zero-order valence-corrected chi connectivity index (χ0v) is 15.5. The first kappa shape index (κ1) is 20.0. The first-order valence-corrected chi connectivity index (χ1v) is 8.41. The molecule has 0 aliphatic heterocycles. The van der Waals surface area contributed by atoms with Gasteiger partial charge in [-0.3, -0.25) is 4.79 Å². The summed E-state index contributed by atoms with van der Waals surface area (Å²) < 4.78 is 24.0. The maximum Gasteiger partial charge on any atom is 0.347 e. The van der Waals surface area contributed by atoms with E-state index in [1.807, 2.05) is 0 Å². The van der Waals surface area contributed by atoms with Gasteiger partial charge in [0.1, 0.15) is 11.6 Å². The number of benzene rings is 2. The smallest absolute Gasteiger partial charge is 0.347 e. The summed E-state index contributed by atoms with van der Waals surface area (Å²) in [5, 5.41) is 3.02. The number of amides is 1. The van der Waals surface area contributed by atoms with Crippen LogP contribution >= 0.6 is 23.2 Å². The van der Waals surface area contributed by atoms with Crippen molar-refractivity contribution in [1.29, 1.82) is 0 Å². The molecule has 0 aromatic heterocycles. The molecule has 1 N–H and O–H groups in total. The lowest BCUT2D eigenvalue weighted by molar-refractivity contribution is -0.159. The van der Waals surface area contributed by atoms with E-state index >= 15 is 0 Å². The van der Waals surface area contributed by atoms with Gasteiger partial charge in [-0.25, -0.2) is 9.18 Å². The normalized spacial score (nSPS) is 12.8. The molecule has 5 nitrogen and oxygen atoms in total. The van der Waals surface area contributed by atoms with E-state index in [1.165, 1.54) is 44.2 Å². The van der Waals surface area contributed by atoms with Crippen molar-refractivity contribution in [3.63, 3.8) is 0 Å². The molecule has 1 amide bonds. The predicted octanol–water partition coefficient (Wildman–Crippen LogP) is 4.47. The first-order valence-electron chi connectivity index (χ1n) is 7.65. The van der Waals surface area contributed by atoms with Crippen molar-refractivity contribution in [3.05, 3.63) is 58.3 Å². The number of rotatable bonds is 6. The van der Waals surface area contributed by atoms with Crippen molar-refractivity contribution in [2.45, 2.75) is 26.1 Å². The third kappa shape index (κ3) is 5.34. The predicted molar refractivity (Wildman–Crippen MR) is 97.1 cm³/mol. The topological polar surface area (TPSA) is 64.6 Å². The molecule has 0 bridgehead atoms. The number of nitrogens with one attached hydrogen (secondary N) is 1. The lowest BCUT2D eigenvalue weighted by atomic mass is 10.3. The second-order valence-corrected chi connectivity index (χ2v) is 6.23. The molecule has 0 heterocycles. The summed E-state index contributed by atoms with van der Waals surface area (Å²) in [4.78, 5) is 24.1. The summed E-state index contributed by atoms with van der Waals surface area (Å²) >= 11 is 11.8. The summed E-state index contributed by atoms with van der Waals surface area (Å²) in [6.07, 6.45) is -2.16. The highest BCUT2D eigenvalue weighted by Crippen LogP contribution is 2.28. The van der Waals surface area contributed by atoms with Crippen LogP contribution in [-0.4, -0.2) is 24.1 Å². The van der Waals surface area contributed by atoms with Gasteiger partial charge in [-0.1, -0.05) is 35.3 Å². The van der Waals surface area contributed by atoms with E-state index in [9.17, 15) is 14.0 Å². The molecule has 0 saturated carbocycles. The zero-order valence-electron chi connectivity index (χ0n) is 14.0. The molecular weight excluding hydrogens is 384 g/mol. The fourth-order valence-electron chi connectivity index (χ4n) is 1.93. The van der Waals surface area contributed by atoms with Crippen LogP contribution in [0.2, 0.25) is 10.0 Å². The van der Waals surface area contributed by atoms with Gasteiger partial charge >= 0.3 is 5.97 Å². The molecule has 0 aliphatic carbocycles. The minimum absolute atomic E-state index is 0.00218. The molecule has 0 radical (unpaired) electrons. The Kier molecular flexibility index (Phi) is 6.83. The van der Waals surface area contributed by atoms with Gasteiger partial charge in [-0.15, -0.1) is 0 Å². The molecular formula is C18H16Cl2FNO4. The number of carbonyl (C=O) groups excluding carboxylic acids is 2. The van der Waals surface area contributed by atoms with E-state index in [1.54, 1.807) is 12.1 Å². The Bertz CT molecular complexity index is 816. The first-order chi connectivity index (χ1) is 12.3. The minimum atomic E-state index is -1.14. The number of carbonyl (C=O) groups is 2. The van der Waals surface area contributed by atoms with Crippen LogP contribution in [0.15, 0.2) is 42.5 Å². The van der Waals surface area contributed by atoms with E-state index in [0.29, 0.717) is 5.02 Å². The third-order valence-electron chi connectivity index (χ3n) is 3.32. The standard InChI is InChI=1S/C18H16Cl2FNO4/c1-10(17(23)22-15-6-4-3-5-14(15)21)26-18(24)11(2)25-16-8-7-12(19)9-13(16)20/h3-11H,1-2H3,(H,22,23)/t10-,11+/m0/s1.